The lowest BCUT2D eigenvalue weighted by Crippen LogP contribution is -2.09. The van der Waals surface area contributed by atoms with E-state index in [1.807, 2.05) is 13.0 Å². The zero-order chi connectivity index (χ0) is 10.8. The molecule has 0 aliphatic rings. The Hall–Kier alpha value is -1.97. The smallest absolute Gasteiger partial charge is 0.341 e. The third-order valence-electron chi connectivity index (χ3n) is 1.97. The van der Waals surface area contributed by atoms with Crippen LogP contribution in [0.2, 0.25) is 0 Å². The minimum Gasteiger partial charge on any atom is -0.482 e. The van der Waals surface area contributed by atoms with E-state index in [0.717, 1.165) is 16.7 Å². The van der Waals surface area contributed by atoms with Crippen LogP contribution in [0.15, 0.2) is 28.7 Å². The number of aryl methyl sites for hydroxylation is 1. The number of hydrogen-bond acceptors (Lipinski definition) is 3. The molecule has 0 radical (unpaired) electrons. The molecule has 0 spiro atoms. The quantitative estimate of drug-likeness (QED) is 0.836. The van der Waals surface area contributed by atoms with Crippen molar-refractivity contribution in [2.45, 2.75) is 6.92 Å². The van der Waals surface area contributed by atoms with Gasteiger partial charge in [0.25, 0.3) is 0 Å². The summed E-state index contributed by atoms with van der Waals surface area (Å²) in [5.41, 5.74) is 0.773. The zero-order valence-corrected chi connectivity index (χ0v) is 8.19. The molecule has 0 saturated carbocycles. The highest BCUT2D eigenvalue weighted by Gasteiger charge is 2.03. The largest absolute Gasteiger partial charge is 0.482 e. The number of carbonyl (C=O) groups is 1. The van der Waals surface area contributed by atoms with E-state index in [1.165, 1.54) is 0 Å². The van der Waals surface area contributed by atoms with Crippen molar-refractivity contribution in [2.24, 2.45) is 0 Å². The molecule has 0 fully saturated rings. The van der Waals surface area contributed by atoms with E-state index in [4.69, 9.17) is 14.3 Å². The Bertz CT molecular complexity index is 498. The molecule has 4 nitrogen and oxygen atoms in total. The normalized spacial score (nSPS) is 10.5. The van der Waals surface area contributed by atoms with Crippen molar-refractivity contribution in [3.8, 4) is 5.75 Å². The Balaban J connectivity index is 2.26. The molecule has 1 N–H and O–H groups in total. The molecule has 1 aromatic carbocycles. The van der Waals surface area contributed by atoms with Crippen molar-refractivity contribution in [1.82, 2.24) is 0 Å². The van der Waals surface area contributed by atoms with Gasteiger partial charge < -0.3 is 14.3 Å². The number of rotatable bonds is 3. The molecule has 0 amide bonds. The van der Waals surface area contributed by atoms with Crippen LogP contribution in [0.1, 0.15) is 5.76 Å². The van der Waals surface area contributed by atoms with Crippen LogP contribution in [0.25, 0.3) is 11.0 Å². The first kappa shape index (κ1) is 9.58. The third kappa shape index (κ3) is 2.10. The minimum absolute atomic E-state index is 0.331. The van der Waals surface area contributed by atoms with Gasteiger partial charge in [-0.1, -0.05) is 0 Å². The lowest BCUT2D eigenvalue weighted by Gasteiger charge is -2.01. The second-order valence-corrected chi connectivity index (χ2v) is 3.24. The highest BCUT2D eigenvalue weighted by Crippen LogP contribution is 2.23. The molecule has 0 unspecified atom stereocenters. The summed E-state index contributed by atoms with van der Waals surface area (Å²) in [5, 5.41) is 9.36. The number of benzene rings is 1. The summed E-state index contributed by atoms with van der Waals surface area (Å²) < 4.78 is 10.4. The van der Waals surface area contributed by atoms with Gasteiger partial charge in [0, 0.05) is 5.39 Å². The van der Waals surface area contributed by atoms with Gasteiger partial charge in [0.1, 0.15) is 17.1 Å². The maximum absolute atomic E-state index is 10.3. The van der Waals surface area contributed by atoms with E-state index in [1.54, 1.807) is 18.2 Å². The van der Waals surface area contributed by atoms with E-state index in [2.05, 4.69) is 0 Å². The van der Waals surface area contributed by atoms with Crippen LogP contribution in [-0.4, -0.2) is 17.7 Å². The van der Waals surface area contributed by atoms with E-state index < -0.39 is 5.97 Å². The van der Waals surface area contributed by atoms with Crippen LogP contribution in [0.3, 0.4) is 0 Å². The van der Waals surface area contributed by atoms with Gasteiger partial charge in [-0.3, -0.25) is 0 Å². The molecule has 78 valence electrons. The molecular formula is C11H10O4. The average molecular weight is 206 g/mol. The fraction of sp³-hybridized carbons (Fsp3) is 0.182. The molecular weight excluding hydrogens is 196 g/mol. The van der Waals surface area contributed by atoms with Gasteiger partial charge in [-0.15, -0.1) is 0 Å². The van der Waals surface area contributed by atoms with E-state index in [-0.39, 0.29) is 6.61 Å². The predicted molar refractivity (Wildman–Crippen MR) is 54.1 cm³/mol. The molecule has 0 aliphatic carbocycles. The number of carboxylic acid groups (broad SMARTS) is 1. The van der Waals surface area contributed by atoms with Crippen LogP contribution in [-0.2, 0) is 4.79 Å². The predicted octanol–water partition coefficient (Wildman–Crippen LogP) is 2.20. The summed E-state index contributed by atoms with van der Waals surface area (Å²) in [7, 11) is 0. The second-order valence-electron chi connectivity index (χ2n) is 3.24. The van der Waals surface area contributed by atoms with Crippen LogP contribution in [0.4, 0.5) is 0 Å². The second kappa shape index (κ2) is 3.65. The Morgan fingerprint density at radius 2 is 2.27 bits per heavy atom. The lowest BCUT2D eigenvalue weighted by molar-refractivity contribution is -0.139. The third-order valence-corrected chi connectivity index (χ3v) is 1.97. The maximum Gasteiger partial charge on any atom is 0.341 e. The standard InChI is InChI=1S/C11H10O4/c1-7-4-8-5-9(14-6-11(12)13)2-3-10(8)15-7/h2-5H,6H2,1H3,(H,12,13). The Kier molecular flexibility index (Phi) is 2.33. The van der Waals surface area contributed by atoms with Gasteiger partial charge in [0.05, 0.1) is 0 Å². The van der Waals surface area contributed by atoms with E-state index in [0.29, 0.717) is 5.75 Å². The molecule has 2 aromatic rings. The minimum atomic E-state index is -0.988. The van der Waals surface area contributed by atoms with Gasteiger partial charge in [-0.2, -0.15) is 0 Å². The average Bonchev–Trinajstić information content (AvgIpc) is 2.53. The lowest BCUT2D eigenvalue weighted by atomic mass is 10.2. The van der Waals surface area contributed by atoms with Gasteiger partial charge in [-0.25, -0.2) is 4.79 Å². The Labute approximate surface area is 86.1 Å². The summed E-state index contributed by atoms with van der Waals surface area (Å²) in [6.07, 6.45) is 0. The van der Waals surface area contributed by atoms with Crippen LogP contribution in [0, 0.1) is 6.92 Å². The number of aliphatic carboxylic acids is 1. The molecule has 0 saturated heterocycles. The molecule has 15 heavy (non-hydrogen) atoms. The molecule has 0 atom stereocenters. The zero-order valence-electron chi connectivity index (χ0n) is 8.19. The van der Waals surface area contributed by atoms with Crippen LogP contribution in [0.5, 0.6) is 5.75 Å². The SMILES string of the molecule is Cc1cc2cc(OCC(=O)O)ccc2o1. The van der Waals surface area contributed by atoms with Gasteiger partial charge in [-0.05, 0) is 31.2 Å². The first-order valence-electron chi connectivity index (χ1n) is 4.50. The summed E-state index contributed by atoms with van der Waals surface area (Å²) in [6, 6.07) is 7.09. The van der Waals surface area contributed by atoms with Crippen LogP contribution >= 0.6 is 0 Å². The molecule has 2 rings (SSSR count). The highest BCUT2D eigenvalue weighted by atomic mass is 16.5. The first-order valence-corrected chi connectivity index (χ1v) is 4.50. The molecule has 0 bridgehead atoms. The summed E-state index contributed by atoms with van der Waals surface area (Å²) >= 11 is 0. The molecule has 1 aromatic heterocycles. The number of ether oxygens (including phenoxy) is 1. The fourth-order valence-electron chi connectivity index (χ4n) is 1.39. The summed E-state index contributed by atoms with van der Waals surface area (Å²) in [5.74, 6) is 0.365. The monoisotopic (exact) mass is 206 g/mol. The van der Waals surface area contributed by atoms with E-state index in [9.17, 15) is 4.79 Å². The van der Waals surface area contributed by atoms with Crippen molar-refractivity contribution in [2.75, 3.05) is 6.61 Å². The van der Waals surface area contributed by atoms with Crippen molar-refractivity contribution in [3.05, 3.63) is 30.0 Å². The number of fused-ring (bicyclic) bond motifs is 1. The maximum atomic E-state index is 10.3. The Morgan fingerprint density at radius 1 is 1.47 bits per heavy atom. The Morgan fingerprint density at radius 3 is 3.00 bits per heavy atom. The number of carboxylic acids is 1. The van der Waals surface area contributed by atoms with Gasteiger partial charge >= 0.3 is 5.97 Å². The molecule has 1 heterocycles. The number of hydrogen-bond donors (Lipinski definition) is 1. The number of furan rings is 1. The first-order chi connectivity index (χ1) is 7.15. The summed E-state index contributed by atoms with van der Waals surface area (Å²) in [4.78, 5) is 10.3. The molecule has 0 aliphatic heterocycles. The van der Waals surface area contributed by atoms with Crippen molar-refractivity contribution >= 4 is 16.9 Å². The van der Waals surface area contributed by atoms with Gasteiger partial charge in [0.2, 0.25) is 0 Å². The van der Waals surface area contributed by atoms with E-state index >= 15 is 0 Å². The van der Waals surface area contributed by atoms with Crippen LogP contribution < -0.4 is 4.74 Å². The fourth-order valence-corrected chi connectivity index (χ4v) is 1.39. The topological polar surface area (TPSA) is 59.7 Å². The summed E-state index contributed by atoms with van der Waals surface area (Å²) in [6.45, 7) is 1.53. The molecule has 4 heteroatoms. The highest BCUT2D eigenvalue weighted by molar-refractivity contribution is 5.79. The van der Waals surface area contributed by atoms with Crippen molar-refractivity contribution in [1.29, 1.82) is 0 Å². The van der Waals surface area contributed by atoms with Gasteiger partial charge in [0.15, 0.2) is 6.61 Å². The van der Waals surface area contributed by atoms with Crippen molar-refractivity contribution in [3.63, 3.8) is 0 Å². The van der Waals surface area contributed by atoms with Crippen molar-refractivity contribution < 1.29 is 19.1 Å².